The third-order valence-electron chi connectivity index (χ3n) is 5.38. The summed E-state index contributed by atoms with van der Waals surface area (Å²) in [5.74, 6) is 0.833. The van der Waals surface area contributed by atoms with Crippen LogP contribution in [0.15, 0.2) is 0 Å². The fourth-order valence-electron chi connectivity index (χ4n) is 3.10. The van der Waals surface area contributed by atoms with Crippen molar-refractivity contribution in [3.05, 3.63) is 0 Å². The second-order valence-electron chi connectivity index (χ2n) is 6.43. The molecule has 0 rings (SSSR count). The van der Waals surface area contributed by atoms with Gasteiger partial charge in [0.1, 0.15) is 0 Å². The van der Waals surface area contributed by atoms with Gasteiger partial charge in [-0.1, -0.05) is 54.4 Å². The van der Waals surface area contributed by atoms with Crippen molar-refractivity contribution in [2.45, 2.75) is 105 Å². The lowest BCUT2D eigenvalue weighted by molar-refractivity contribution is -0.0618. The van der Waals surface area contributed by atoms with Gasteiger partial charge in [0.15, 0.2) is 0 Å². The van der Waals surface area contributed by atoms with Gasteiger partial charge in [0.2, 0.25) is 0 Å². The molecule has 0 aromatic rings. The molecule has 0 aliphatic heterocycles. The molecule has 0 heterocycles. The fourth-order valence-corrected chi connectivity index (χ4v) is 3.10. The van der Waals surface area contributed by atoms with Crippen molar-refractivity contribution in [2.75, 3.05) is 13.2 Å². The SMILES string of the molecule is CCC(CC)CCOC(CC)(CC)CCNC(CC)CC. The summed E-state index contributed by atoms with van der Waals surface area (Å²) < 4.78 is 6.37. The quantitative estimate of drug-likeness (QED) is 0.453. The number of ether oxygens (including phenoxy) is 1. The Morgan fingerprint density at radius 1 is 0.857 bits per heavy atom. The fraction of sp³-hybridized carbons (Fsp3) is 1.00. The van der Waals surface area contributed by atoms with Gasteiger partial charge in [-0.15, -0.1) is 0 Å². The van der Waals surface area contributed by atoms with Crippen LogP contribution in [0.3, 0.4) is 0 Å². The van der Waals surface area contributed by atoms with Crippen LogP contribution >= 0.6 is 0 Å². The minimum absolute atomic E-state index is 0.0884. The summed E-state index contributed by atoms with van der Waals surface area (Å²) in [4.78, 5) is 0. The molecule has 0 aliphatic carbocycles. The zero-order valence-corrected chi connectivity index (χ0v) is 15.6. The summed E-state index contributed by atoms with van der Waals surface area (Å²) in [6.07, 6.45) is 9.60. The lowest BCUT2D eigenvalue weighted by Gasteiger charge is -2.33. The Bertz CT molecular complexity index is 198. The molecule has 0 saturated carbocycles. The predicted octanol–water partition coefficient (Wildman–Crippen LogP) is 5.56. The van der Waals surface area contributed by atoms with E-state index in [-0.39, 0.29) is 5.60 Å². The molecule has 1 N–H and O–H groups in total. The van der Waals surface area contributed by atoms with Gasteiger partial charge >= 0.3 is 0 Å². The molecule has 2 heteroatoms. The van der Waals surface area contributed by atoms with Crippen LogP contribution in [0.1, 0.15) is 92.9 Å². The van der Waals surface area contributed by atoms with E-state index in [0.29, 0.717) is 6.04 Å². The summed E-state index contributed by atoms with van der Waals surface area (Å²) in [6.45, 7) is 15.7. The van der Waals surface area contributed by atoms with Crippen LogP contribution in [0.4, 0.5) is 0 Å². The number of nitrogens with one attached hydrogen (secondary N) is 1. The molecule has 0 radical (unpaired) electrons. The Morgan fingerprint density at radius 3 is 1.86 bits per heavy atom. The number of rotatable bonds is 14. The van der Waals surface area contributed by atoms with E-state index in [4.69, 9.17) is 4.74 Å². The lowest BCUT2D eigenvalue weighted by atomic mass is 9.92. The molecule has 128 valence electrons. The van der Waals surface area contributed by atoms with Crippen molar-refractivity contribution >= 4 is 0 Å². The largest absolute Gasteiger partial charge is 0.375 e. The molecular formula is C19H41NO. The maximum atomic E-state index is 6.37. The maximum Gasteiger partial charge on any atom is 0.0689 e. The molecule has 0 fully saturated rings. The van der Waals surface area contributed by atoms with E-state index >= 15 is 0 Å². The minimum atomic E-state index is 0.0884. The van der Waals surface area contributed by atoms with Gasteiger partial charge in [0.05, 0.1) is 5.60 Å². The molecule has 0 unspecified atom stereocenters. The third-order valence-corrected chi connectivity index (χ3v) is 5.38. The zero-order valence-electron chi connectivity index (χ0n) is 15.6. The number of hydrogen-bond acceptors (Lipinski definition) is 2. The first kappa shape index (κ1) is 20.9. The van der Waals surface area contributed by atoms with Crippen LogP contribution in [-0.4, -0.2) is 24.8 Å². The minimum Gasteiger partial charge on any atom is -0.375 e. The van der Waals surface area contributed by atoms with Crippen molar-refractivity contribution in [1.29, 1.82) is 0 Å². The Kier molecular flexibility index (Phi) is 12.4. The van der Waals surface area contributed by atoms with Gasteiger partial charge in [0, 0.05) is 12.6 Å². The van der Waals surface area contributed by atoms with E-state index in [1.165, 1.54) is 32.1 Å². The highest BCUT2D eigenvalue weighted by Gasteiger charge is 2.26. The van der Waals surface area contributed by atoms with Gasteiger partial charge < -0.3 is 10.1 Å². The smallest absolute Gasteiger partial charge is 0.0689 e. The van der Waals surface area contributed by atoms with E-state index in [0.717, 1.165) is 38.3 Å². The summed E-state index contributed by atoms with van der Waals surface area (Å²) in [5.41, 5.74) is 0.0884. The molecule has 2 nitrogen and oxygen atoms in total. The van der Waals surface area contributed by atoms with E-state index in [1.807, 2.05) is 0 Å². The average Bonchev–Trinajstić information content (AvgIpc) is 2.54. The molecule has 0 atom stereocenters. The summed E-state index contributed by atoms with van der Waals surface area (Å²) in [5, 5.41) is 3.68. The van der Waals surface area contributed by atoms with Gasteiger partial charge in [-0.3, -0.25) is 0 Å². The van der Waals surface area contributed by atoms with Crippen LogP contribution in [-0.2, 0) is 4.74 Å². The van der Waals surface area contributed by atoms with Crippen LogP contribution < -0.4 is 5.32 Å². The molecule has 21 heavy (non-hydrogen) atoms. The van der Waals surface area contributed by atoms with Gasteiger partial charge in [0.25, 0.3) is 0 Å². The molecule has 0 spiro atoms. The summed E-state index contributed by atoms with van der Waals surface area (Å²) in [7, 11) is 0. The van der Waals surface area contributed by atoms with Crippen molar-refractivity contribution in [2.24, 2.45) is 5.92 Å². The molecule has 0 amide bonds. The van der Waals surface area contributed by atoms with Crippen molar-refractivity contribution in [3.63, 3.8) is 0 Å². The van der Waals surface area contributed by atoms with Gasteiger partial charge in [-0.2, -0.15) is 0 Å². The second kappa shape index (κ2) is 12.5. The third kappa shape index (κ3) is 8.21. The first-order valence-corrected chi connectivity index (χ1v) is 9.48. The average molecular weight is 300 g/mol. The maximum absolute atomic E-state index is 6.37. The van der Waals surface area contributed by atoms with Crippen molar-refractivity contribution in [1.82, 2.24) is 5.32 Å². The van der Waals surface area contributed by atoms with Crippen molar-refractivity contribution in [3.8, 4) is 0 Å². The molecule has 0 aromatic heterocycles. The second-order valence-corrected chi connectivity index (χ2v) is 6.43. The Morgan fingerprint density at radius 2 is 1.43 bits per heavy atom. The van der Waals surface area contributed by atoms with E-state index in [9.17, 15) is 0 Å². The molecular weight excluding hydrogens is 258 g/mol. The Hall–Kier alpha value is -0.0800. The predicted molar refractivity (Wildman–Crippen MR) is 94.9 cm³/mol. The summed E-state index contributed by atoms with van der Waals surface area (Å²) >= 11 is 0. The van der Waals surface area contributed by atoms with Crippen LogP contribution in [0, 0.1) is 5.92 Å². The highest BCUT2D eigenvalue weighted by atomic mass is 16.5. The zero-order chi connectivity index (χ0) is 16.1. The van der Waals surface area contributed by atoms with Crippen molar-refractivity contribution < 1.29 is 4.74 Å². The van der Waals surface area contributed by atoms with Gasteiger partial charge in [-0.05, 0) is 51.0 Å². The standard InChI is InChI=1S/C19H41NO/c1-7-17(8-2)13-16-21-19(11-5,12-6)14-15-20-18(9-3)10-4/h17-18,20H,7-16H2,1-6H3. The van der Waals surface area contributed by atoms with E-state index < -0.39 is 0 Å². The van der Waals surface area contributed by atoms with E-state index in [1.54, 1.807) is 0 Å². The topological polar surface area (TPSA) is 21.3 Å². The lowest BCUT2D eigenvalue weighted by Crippen LogP contribution is -2.38. The van der Waals surface area contributed by atoms with Crippen LogP contribution in [0.25, 0.3) is 0 Å². The van der Waals surface area contributed by atoms with E-state index in [2.05, 4.69) is 46.9 Å². The normalized spacial score (nSPS) is 12.6. The van der Waals surface area contributed by atoms with Gasteiger partial charge in [-0.25, -0.2) is 0 Å². The molecule has 0 bridgehead atoms. The van der Waals surface area contributed by atoms with Crippen LogP contribution in [0.2, 0.25) is 0 Å². The summed E-state index contributed by atoms with van der Waals surface area (Å²) in [6, 6.07) is 0.668. The Labute approximate surface area is 134 Å². The first-order valence-electron chi connectivity index (χ1n) is 9.48. The number of hydrogen-bond donors (Lipinski definition) is 1. The van der Waals surface area contributed by atoms with Crippen LogP contribution in [0.5, 0.6) is 0 Å². The molecule has 0 saturated heterocycles. The monoisotopic (exact) mass is 299 g/mol. The first-order chi connectivity index (χ1) is 10.1. The highest BCUT2D eigenvalue weighted by molar-refractivity contribution is 4.80. The molecule has 0 aromatic carbocycles. The molecule has 0 aliphatic rings. The Balaban J connectivity index is 4.22. The highest BCUT2D eigenvalue weighted by Crippen LogP contribution is 2.26.